The van der Waals surface area contributed by atoms with Gasteiger partial charge in [-0.3, -0.25) is 0 Å². The van der Waals surface area contributed by atoms with Crippen molar-refractivity contribution >= 4 is 24.0 Å². The Morgan fingerprint density at radius 3 is 1.61 bits per heavy atom. The first-order valence-electron chi connectivity index (χ1n) is 7.98. The first-order valence-corrected chi connectivity index (χ1v) is 9.39. The predicted octanol–water partition coefficient (Wildman–Crippen LogP) is 4.90. The molecule has 0 saturated heterocycles. The number of hydrogen-bond donors (Lipinski definition) is 0. The summed E-state index contributed by atoms with van der Waals surface area (Å²) in [6.45, 7) is 6.64. The Morgan fingerprint density at radius 2 is 1.09 bits per heavy atom. The smallest absolute Gasteiger partial charge is 0.0619 e. The van der Waals surface area contributed by atoms with Gasteiger partial charge in [0.2, 0.25) is 0 Å². The molecule has 3 rings (SSSR count). The van der Waals surface area contributed by atoms with Crippen LogP contribution >= 0.6 is 7.55 Å². The van der Waals surface area contributed by atoms with Crippen LogP contribution < -0.4 is 10.6 Å². The minimum Gasteiger partial charge on any atom is -0.0619 e. The van der Waals surface area contributed by atoms with E-state index in [0.717, 1.165) is 0 Å². The van der Waals surface area contributed by atoms with Gasteiger partial charge in [0.1, 0.15) is 5.80 Å². The van der Waals surface area contributed by atoms with Gasteiger partial charge in [-0.1, -0.05) is 48.5 Å². The molecule has 23 heavy (non-hydrogen) atoms. The van der Waals surface area contributed by atoms with E-state index in [1.165, 1.54) is 32.9 Å². The molecule has 0 aliphatic rings. The molecule has 0 fully saturated rings. The molecule has 0 heterocycles. The van der Waals surface area contributed by atoms with Crippen molar-refractivity contribution < 1.29 is 0 Å². The summed E-state index contributed by atoms with van der Waals surface area (Å²) in [5.41, 5.74) is 5.50. The monoisotopic (exact) mass is 317 g/mol. The van der Waals surface area contributed by atoms with Crippen molar-refractivity contribution in [3.05, 3.63) is 95.1 Å². The number of rotatable bonds is 3. The van der Waals surface area contributed by atoms with Crippen LogP contribution in [0.5, 0.6) is 0 Å². The second kappa shape index (κ2) is 6.94. The Morgan fingerprint density at radius 1 is 0.609 bits per heavy atom. The van der Waals surface area contributed by atoms with E-state index in [1.54, 1.807) is 0 Å². The van der Waals surface area contributed by atoms with E-state index in [9.17, 15) is 0 Å². The lowest BCUT2D eigenvalue weighted by atomic mass is 10.00. The third-order valence-corrected chi connectivity index (χ3v) is 6.56. The summed E-state index contributed by atoms with van der Waals surface area (Å²) in [5.74, 6) is 2.48. The molecule has 0 amide bonds. The zero-order valence-electron chi connectivity index (χ0n) is 14.0. The molecule has 0 aliphatic heterocycles. The van der Waals surface area contributed by atoms with Crippen molar-refractivity contribution in [3.63, 3.8) is 0 Å². The molecule has 0 atom stereocenters. The Kier molecular flexibility index (Phi) is 4.74. The van der Waals surface area contributed by atoms with E-state index < -0.39 is 7.55 Å². The van der Waals surface area contributed by atoms with Gasteiger partial charge in [0.05, 0.1) is 0 Å². The molecule has 0 aromatic heterocycles. The van der Waals surface area contributed by atoms with E-state index in [-0.39, 0.29) is 0 Å². The predicted molar refractivity (Wildman–Crippen MR) is 105 cm³/mol. The van der Waals surface area contributed by atoms with Gasteiger partial charge in [-0.2, -0.15) is 0 Å². The summed E-state index contributed by atoms with van der Waals surface area (Å²) in [6.07, 6.45) is 0. The van der Waals surface area contributed by atoms with Crippen LogP contribution in [0.4, 0.5) is 0 Å². The quantitative estimate of drug-likeness (QED) is 0.603. The number of hydrogen-bond acceptors (Lipinski definition) is 0. The van der Waals surface area contributed by atoms with Crippen molar-refractivity contribution in [2.75, 3.05) is 0 Å². The van der Waals surface area contributed by atoms with Crippen LogP contribution in [-0.2, 0) is 0 Å². The molecule has 0 spiro atoms. The van der Waals surface area contributed by atoms with Gasteiger partial charge in [0, 0.05) is 5.56 Å². The average Bonchev–Trinajstić information content (AvgIpc) is 2.60. The summed E-state index contributed by atoms with van der Waals surface area (Å²) < 4.78 is 0. The molecule has 3 aromatic carbocycles. The summed E-state index contributed by atoms with van der Waals surface area (Å²) in [7, 11) is -0.497. The second-order valence-corrected chi connectivity index (χ2v) is 7.94. The van der Waals surface area contributed by atoms with E-state index in [0.29, 0.717) is 0 Å². The highest BCUT2D eigenvalue weighted by molar-refractivity contribution is 7.72. The number of benzene rings is 3. The lowest BCUT2D eigenvalue weighted by Crippen LogP contribution is -2.09. The summed E-state index contributed by atoms with van der Waals surface area (Å²) >= 11 is 0. The average molecular weight is 317 g/mol. The van der Waals surface area contributed by atoms with Crippen molar-refractivity contribution in [3.8, 4) is 0 Å². The minimum atomic E-state index is -0.497. The highest BCUT2D eigenvalue weighted by Gasteiger charge is 2.19. The first-order chi connectivity index (χ1) is 11.2. The molecule has 114 valence electrons. The lowest BCUT2D eigenvalue weighted by molar-refractivity contribution is 1.29. The lowest BCUT2D eigenvalue weighted by Gasteiger charge is -2.07. The van der Waals surface area contributed by atoms with Crippen molar-refractivity contribution in [1.29, 1.82) is 0 Å². The standard InChI is InChI=1S/C22H22P/c1-17-14-15-18(2)22(19(17)3)16-23(20-10-6-4-7-11-20)21-12-8-5-9-13-21/h4-16H,1-3H3/q+1. The molecule has 0 unspecified atom stereocenters. The minimum absolute atomic E-state index is 0.497. The van der Waals surface area contributed by atoms with Crippen LogP contribution in [0.25, 0.3) is 0 Å². The van der Waals surface area contributed by atoms with Crippen molar-refractivity contribution in [2.24, 2.45) is 0 Å². The second-order valence-electron chi connectivity index (χ2n) is 5.91. The van der Waals surface area contributed by atoms with Gasteiger partial charge >= 0.3 is 0 Å². The molecular weight excluding hydrogens is 295 g/mol. The Hall–Kier alpha value is -2.17. The summed E-state index contributed by atoms with van der Waals surface area (Å²) in [6, 6.07) is 26.2. The molecule has 0 radical (unpaired) electrons. The van der Waals surface area contributed by atoms with Gasteiger partial charge in [-0.05, 0) is 61.7 Å². The number of aryl methyl sites for hydroxylation is 2. The Labute approximate surface area is 140 Å². The fourth-order valence-electron chi connectivity index (χ4n) is 2.78. The zero-order valence-corrected chi connectivity index (χ0v) is 14.8. The van der Waals surface area contributed by atoms with Gasteiger partial charge in [-0.15, -0.1) is 0 Å². The summed E-state index contributed by atoms with van der Waals surface area (Å²) in [4.78, 5) is 0. The maximum absolute atomic E-state index is 2.48. The van der Waals surface area contributed by atoms with E-state index >= 15 is 0 Å². The van der Waals surface area contributed by atoms with E-state index in [2.05, 4.69) is 99.4 Å². The Balaban J connectivity index is 2.23. The molecule has 0 nitrogen and oxygen atoms in total. The maximum atomic E-state index is 2.48. The molecule has 0 saturated carbocycles. The van der Waals surface area contributed by atoms with Crippen LogP contribution in [0.15, 0.2) is 72.8 Å². The fraction of sp³-hybridized carbons (Fsp3) is 0.136. The highest BCUT2D eigenvalue weighted by Crippen LogP contribution is 2.26. The van der Waals surface area contributed by atoms with Crippen LogP contribution in [0.1, 0.15) is 22.3 Å². The molecule has 0 N–H and O–H groups in total. The SMILES string of the molecule is Cc1ccc(C)c(C=[P+](c2ccccc2)c2ccccc2)c1C. The van der Waals surface area contributed by atoms with Crippen molar-refractivity contribution in [1.82, 2.24) is 0 Å². The molecule has 3 aromatic rings. The van der Waals surface area contributed by atoms with Crippen LogP contribution in [0, 0.1) is 20.8 Å². The highest BCUT2D eigenvalue weighted by atomic mass is 31.1. The zero-order chi connectivity index (χ0) is 16.2. The first kappa shape index (κ1) is 15.7. The molecular formula is C22H22P+. The molecule has 0 bridgehead atoms. The summed E-state index contributed by atoms with van der Waals surface area (Å²) in [5, 5.41) is 2.79. The normalized spacial score (nSPS) is 10.4. The van der Waals surface area contributed by atoms with Crippen molar-refractivity contribution in [2.45, 2.75) is 20.8 Å². The largest absolute Gasteiger partial charge is 0.170 e. The van der Waals surface area contributed by atoms with Gasteiger partial charge in [-0.25, -0.2) is 0 Å². The van der Waals surface area contributed by atoms with Crippen LogP contribution in [0.3, 0.4) is 0 Å². The fourth-order valence-corrected chi connectivity index (χ4v) is 5.01. The van der Waals surface area contributed by atoms with Gasteiger partial charge < -0.3 is 0 Å². The third-order valence-electron chi connectivity index (χ3n) is 4.33. The van der Waals surface area contributed by atoms with E-state index in [1.807, 2.05) is 0 Å². The van der Waals surface area contributed by atoms with Crippen LogP contribution in [-0.4, -0.2) is 5.80 Å². The van der Waals surface area contributed by atoms with Gasteiger partial charge in [0.25, 0.3) is 0 Å². The van der Waals surface area contributed by atoms with E-state index in [4.69, 9.17) is 0 Å². The Bertz CT molecular complexity index is 789. The topological polar surface area (TPSA) is 0 Å². The molecule has 1 heteroatoms. The van der Waals surface area contributed by atoms with Crippen LogP contribution in [0.2, 0.25) is 0 Å². The van der Waals surface area contributed by atoms with Gasteiger partial charge in [0.15, 0.2) is 18.2 Å². The third kappa shape index (κ3) is 3.44. The maximum Gasteiger partial charge on any atom is 0.170 e. The molecule has 0 aliphatic carbocycles.